The molecule has 2 unspecified atom stereocenters. The van der Waals surface area contributed by atoms with E-state index in [0.717, 1.165) is 5.69 Å². The minimum Gasteiger partial charge on any atom is -0.325 e. The number of carbonyl (C=O) groups excluding carboxylic acids is 1. The van der Waals surface area contributed by atoms with Crippen molar-refractivity contribution in [1.29, 1.82) is 0 Å². The third-order valence-electron chi connectivity index (χ3n) is 4.53. The number of benzene rings is 2. The van der Waals surface area contributed by atoms with E-state index in [2.05, 4.69) is 10.3 Å². The molecule has 2 aliphatic rings. The molecule has 0 spiro atoms. The van der Waals surface area contributed by atoms with Gasteiger partial charge in [0.1, 0.15) is 12.4 Å². The summed E-state index contributed by atoms with van der Waals surface area (Å²) in [6.45, 7) is 0.0133. The van der Waals surface area contributed by atoms with Crippen molar-refractivity contribution in [1.82, 2.24) is 0 Å². The van der Waals surface area contributed by atoms with Crippen LogP contribution in [0.25, 0.3) is 0 Å². The largest absolute Gasteiger partial charge is 0.325 e. The summed E-state index contributed by atoms with van der Waals surface area (Å²) in [5.41, 5.74) is 1.30. The standard InChI is InChI=1S/C19H18FN3O3S2/c20-13-6-8-14(9-7-13)21-18(24)10-23(15-4-2-1-3-5-15)19-22-16-11-28(25,26)12-17(16)27-19/h1-9,16-17H,10-12H2,(H,21,24). The molecule has 0 bridgehead atoms. The molecule has 28 heavy (non-hydrogen) atoms. The number of anilines is 2. The molecular weight excluding hydrogens is 401 g/mol. The number of halogens is 1. The van der Waals surface area contributed by atoms with Crippen LogP contribution in [0.5, 0.6) is 0 Å². The highest BCUT2D eigenvalue weighted by Gasteiger charge is 2.44. The average molecular weight is 420 g/mol. The molecule has 2 aromatic rings. The fraction of sp³-hybridized carbons (Fsp3) is 0.263. The smallest absolute Gasteiger partial charge is 0.244 e. The quantitative estimate of drug-likeness (QED) is 0.824. The summed E-state index contributed by atoms with van der Waals surface area (Å²) in [5, 5.41) is 3.29. The zero-order valence-corrected chi connectivity index (χ0v) is 16.4. The first-order valence-corrected chi connectivity index (χ1v) is 11.4. The van der Waals surface area contributed by atoms with E-state index in [1.165, 1.54) is 36.0 Å². The van der Waals surface area contributed by atoms with E-state index in [0.29, 0.717) is 10.9 Å². The lowest BCUT2D eigenvalue weighted by atomic mass is 10.2. The van der Waals surface area contributed by atoms with Gasteiger partial charge in [-0.15, -0.1) is 0 Å². The fourth-order valence-electron chi connectivity index (χ4n) is 3.23. The Hall–Kier alpha value is -2.39. The van der Waals surface area contributed by atoms with Gasteiger partial charge >= 0.3 is 0 Å². The van der Waals surface area contributed by atoms with Gasteiger partial charge in [-0.3, -0.25) is 9.79 Å². The van der Waals surface area contributed by atoms with Crippen LogP contribution in [0.2, 0.25) is 0 Å². The van der Waals surface area contributed by atoms with E-state index in [4.69, 9.17) is 0 Å². The monoisotopic (exact) mass is 419 g/mol. The molecule has 0 aliphatic carbocycles. The van der Waals surface area contributed by atoms with E-state index in [9.17, 15) is 17.6 Å². The van der Waals surface area contributed by atoms with E-state index < -0.39 is 9.84 Å². The Morgan fingerprint density at radius 3 is 2.54 bits per heavy atom. The molecule has 2 aliphatic heterocycles. The van der Waals surface area contributed by atoms with E-state index in [1.54, 1.807) is 4.90 Å². The number of thioether (sulfide) groups is 1. The van der Waals surface area contributed by atoms with Gasteiger partial charge in [0.05, 0.1) is 17.5 Å². The molecule has 2 heterocycles. The summed E-state index contributed by atoms with van der Waals surface area (Å²) in [6.07, 6.45) is 0. The maximum absolute atomic E-state index is 13.0. The lowest BCUT2D eigenvalue weighted by molar-refractivity contribution is -0.114. The lowest BCUT2D eigenvalue weighted by Crippen LogP contribution is -2.36. The minimum atomic E-state index is -3.04. The number of hydrogen-bond donors (Lipinski definition) is 1. The normalized spacial score (nSPS) is 22.4. The number of para-hydroxylation sites is 1. The molecule has 0 radical (unpaired) electrons. The maximum atomic E-state index is 13.0. The molecule has 2 aromatic carbocycles. The SMILES string of the molecule is O=C(CN(C1=NC2CS(=O)(=O)CC2S1)c1ccccc1)Nc1ccc(F)cc1. The first-order chi connectivity index (χ1) is 13.4. The lowest BCUT2D eigenvalue weighted by Gasteiger charge is -2.24. The summed E-state index contributed by atoms with van der Waals surface area (Å²) >= 11 is 1.40. The Kier molecular flexibility index (Phi) is 5.11. The Balaban J connectivity index is 1.54. The van der Waals surface area contributed by atoms with Gasteiger partial charge in [-0.2, -0.15) is 0 Å². The molecule has 1 amide bonds. The molecule has 146 valence electrons. The molecule has 1 fully saturated rings. The van der Waals surface area contributed by atoms with Gasteiger partial charge < -0.3 is 10.2 Å². The molecule has 1 N–H and O–H groups in total. The Morgan fingerprint density at radius 2 is 1.86 bits per heavy atom. The van der Waals surface area contributed by atoms with Gasteiger partial charge in [0, 0.05) is 16.6 Å². The van der Waals surface area contributed by atoms with Gasteiger partial charge in [-0.05, 0) is 36.4 Å². The number of nitrogens with one attached hydrogen (secondary N) is 1. The fourth-order valence-corrected chi connectivity index (χ4v) is 7.01. The summed E-state index contributed by atoms with van der Waals surface area (Å²) in [6, 6.07) is 14.7. The zero-order chi connectivity index (χ0) is 19.7. The second kappa shape index (κ2) is 7.56. The van der Waals surface area contributed by atoms with Crippen molar-refractivity contribution in [3.8, 4) is 0 Å². The number of fused-ring (bicyclic) bond motifs is 1. The predicted octanol–water partition coefficient (Wildman–Crippen LogP) is 2.54. The summed E-state index contributed by atoms with van der Waals surface area (Å²) in [7, 11) is -3.04. The molecule has 0 saturated carbocycles. The van der Waals surface area contributed by atoms with Crippen molar-refractivity contribution in [2.75, 3.05) is 28.3 Å². The molecule has 2 atom stereocenters. The van der Waals surface area contributed by atoms with Crippen LogP contribution in [-0.2, 0) is 14.6 Å². The van der Waals surface area contributed by atoms with Crippen LogP contribution < -0.4 is 10.2 Å². The minimum absolute atomic E-state index is 0.0133. The van der Waals surface area contributed by atoms with Crippen LogP contribution in [0.15, 0.2) is 59.6 Å². The molecule has 6 nitrogen and oxygen atoms in total. The Morgan fingerprint density at radius 1 is 1.14 bits per heavy atom. The molecular formula is C19H18FN3O3S2. The highest BCUT2D eigenvalue weighted by Crippen LogP contribution is 2.36. The van der Waals surface area contributed by atoms with Crippen LogP contribution >= 0.6 is 11.8 Å². The molecule has 0 aromatic heterocycles. The van der Waals surface area contributed by atoms with E-state index in [-0.39, 0.29) is 41.1 Å². The van der Waals surface area contributed by atoms with Crippen molar-refractivity contribution >= 4 is 44.0 Å². The second-order valence-corrected chi connectivity index (χ2v) is 10.0. The first-order valence-electron chi connectivity index (χ1n) is 8.72. The predicted molar refractivity (Wildman–Crippen MR) is 110 cm³/mol. The number of amides is 1. The van der Waals surface area contributed by atoms with Gasteiger partial charge in [0.15, 0.2) is 15.0 Å². The van der Waals surface area contributed by atoms with Crippen molar-refractivity contribution in [3.63, 3.8) is 0 Å². The number of amidine groups is 1. The summed E-state index contributed by atoms with van der Waals surface area (Å²) in [5.74, 6) is -0.483. The number of rotatable bonds is 4. The van der Waals surface area contributed by atoms with Crippen LogP contribution in [0.1, 0.15) is 0 Å². The number of sulfone groups is 1. The topological polar surface area (TPSA) is 78.8 Å². The Bertz CT molecular complexity index is 1010. The van der Waals surface area contributed by atoms with Crippen molar-refractivity contribution in [3.05, 3.63) is 60.4 Å². The van der Waals surface area contributed by atoms with Gasteiger partial charge in [-0.1, -0.05) is 30.0 Å². The van der Waals surface area contributed by atoms with Gasteiger partial charge in [-0.25, -0.2) is 12.8 Å². The summed E-state index contributed by atoms with van der Waals surface area (Å²) in [4.78, 5) is 19.0. The number of aliphatic imine (C=N–C) groups is 1. The third-order valence-corrected chi connectivity index (χ3v) is 7.78. The van der Waals surface area contributed by atoms with Crippen LogP contribution in [0.3, 0.4) is 0 Å². The van der Waals surface area contributed by atoms with Crippen molar-refractivity contribution < 1.29 is 17.6 Å². The summed E-state index contributed by atoms with van der Waals surface area (Å²) < 4.78 is 36.7. The average Bonchev–Trinajstić information content (AvgIpc) is 3.16. The zero-order valence-electron chi connectivity index (χ0n) is 14.8. The second-order valence-electron chi connectivity index (χ2n) is 6.69. The van der Waals surface area contributed by atoms with Crippen LogP contribution in [-0.4, -0.2) is 48.8 Å². The Labute approximate surface area is 166 Å². The molecule has 4 rings (SSSR count). The molecule has 9 heteroatoms. The van der Waals surface area contributed by atoms with Gasteiger partial charge in [0.2, 0.25) is 5.91 Å². The highest BCUT2D eigenvalue weighted by atomic mass is 32.2. The van der Waals surface area contributed by atoms with Gasteiger partial charge in [0.25, 0.3) is 0 Å². The number of carbonyl (C=O) groups is 1. The molecule has 1 saturated heterocycles. The van der Waals surface area contributed by atoms with Crippen molar-refractivity contribution in [2.24, 2.45) is 4.99 Å². The number of hydrogen-bond acceptors (Lipinski definition) is 6. The van der Waals surface area contributed by atoms with Crippen LogP contribution in [0, 0.1) is 5.82 Å². The highest BCUT2D eigenvalue weighted by molar-refractivity contribution is 8.15. The van der Waals surface area contributed by atoms with Crippen LogP contribution in [0.4, 0.5) is 15.8 Å². The van der Waals surface area contributed by atoms with E-state index >= 15 is 0 Å². The van der Waals surface area contributed by atoms with Crippen molar-refractivity contribution in [2.45, 2.75) is 11.3 Å². The van der Waals surface area contributed by atoms with E-state index in [1.807, 2.05) is 30.3 Å². The first kappa shape index (κ1) is 18.9. The maximum Gasteiger partial charge on any atom is 0.244 e. The third kappa shape index (κ3) is 4.20. The number of nitrogens with zero attached hydrogens (tertiary/aromatic N) is 2.